The number of rotatable bonds is 8. The van der Waals surface area contributed by atoms with Crippen LogP contribution in [0.1, 0.15) is 11.3 Å². The predicted molar refractivity (Wildman–Crippen MR) is 112 cm³/mol. The maximum atomic E-state index is 10.8. The second kappa shape index (κ2) is 9.24. The van der Waals surface area contributed by atoms with Crippen molar-refractivity contribution in [3.05, 3.63) is 74.4 Å². The molecular weight excluding hydrogens is 442 g/mol. The molecule has 3 aromatic rings. The first-order valence-electron chi connectivity index (χ1n) is 8.53. The van der Waals surface area contributed by atoms with E-state index in [1.54, 1.807) is 38.6 Å². The van der Waals surface area contributed by atoms with Gasteiger partial charge in [-0.2, -0.15) is 5.10 Å². The van der Waals surface area contributed by atoms with Crippen molar-refractivity contribution in [2.75, 3.05) is 14.2 Å². The monoisotopic (exact) mass is 459 g/mol. The quantitative estimate of drug-likeness (QED) is 0.296. The van der Waals surface area contributed by atoms with Gasteiger partial charge in [0.25, 0.3) is 5.69 Å². The number of hydrazone groups is 1. The Morgan fingerprint density at radius 3 is 2.62 bits per heavy atom. The van der Waals surface area contributed by atoms with Crippen LogP contribution in [0.4, 0.5) is 5.69 Å². The molecule has 0 bridgehead atoms. The third-order valence-corrected chi connectivity index (χ3v) is 4.73. The number of benzene rings is 2. The van der Waals surface area contributed by atoms with Crippen LogP contribution < -0.4 is 14.9 Å². The summed E-state index contributed by atoms with van der Waals surface area (Å²) in [4.78, 5) is 10.4. The molecule has 0 amide bonds. The highest BCUT2D eigenvalue weighted by molar-refractivity contribution is 9.10. The van der Waals surface area contributed by atoms with Crippen molar-refractivity contribution in [3.8, 4) is 22.8 Å². The second-order valence-electron chi connectivity index (χ2n) is 5.91. The molecule has 0 aliphatic carbocycles. The molecule has 0 saturated carbocycles. The number of nitrogens with one attached hydrogen (secondary N) is 1. The average Bonchev–Trinajstić information content (AvgIpc) is 3.19. The molecule has 0 aliphatic rings. The first-order chi connectivity index (χ1) is 14.0. The number of methoxy groups -OCH3 is 2. The van der Waals surface area contributed by atoms with Crippen molar-refractivity contribution in [1.82, 2.24) is 5.43 Å². The average molecular weight is 460 g/mol. The summed E-state index contributed by atoms with van der Waals surface area (Å²) in [7, 11) is 3.18. The Morgan fingerprint density at radius 2 is 1.93 bits per heavy atom. The second-order valence-corrected chi connectivity index (χ2v) is 6.76. The molecule has 3 rings (SSSR count). The molecule has 0 spiro atoms. The molecule has 0 saturated heterocycles. The number of hydrogen-bond acceptors (Lipinski definition) is 7. The summed E-state index contributed by atoms with van der Waals surface area (Å²) in [5.41, 5.74) is 4.65. The van der Waals surface area contributed by atoms with Gasteiger partial charge in [-0.05, 0) is 51.8 Å². The molecule has 2 aromatic carbocycles. The molecule has 150 valence electrons. The number of nitro groups is 1. The first kappa shape index (κ1) is 20.4. The molecule has 1 heterocycles. The van der Waals surface area contributed by atoms with Crippen LogP contribution in [0.3, 0.4) is 0 Å². The molecule has 1 N–H and O–H groups in total. The largest absolute Gasteiger partial charge is 0.493 e. The fraction of sp³-hybridized carbons (Fsp3) is 0.150. The fourth-order valence-corrected chi connectivity index (χ4v) is 3.18. The zero-order valence-corrected chi connectivity index (χ0v) is 17.3. The van der Waals surface area contributed by atoms with Crippen molar-refractivity contribution in [1.29, 1.82) is 0 Å². The molecule has 0 fully saturated rings. The standard InChI is InChI=1S/C20H18BrN3O5/c1-27-19-7-3-13(9-20(19)28-2)11-22-23-12-15-5-8-18(29-15)16-6-4-14(24(25)26)10-17(16)21/h3-10,12,22H,11H2,1-2H3/b23-12-. The Labute approximate surface area is 175 Å². The number of nitrogens with zero attached hydrogens (tertiary/aromatic N) is 2. The zero-order valence-electron chi connectivity index (χ0n) is 15.7. The number of hydrogen-bond donors (Lipinski definition) is 1. The first-order valence-corrected chi connectivity index (χ1v) is 9.32. The number of nitro benzene ring substituents is 1. The third kappa shape index (κ3) is 4.94. The molecule has 9 heteroatoms. The number of furan rings is 1. The summed E-state index contributed by atoms with van der Waals surface area (Å²) in [5.74, 6) is 2.44. The zero-order chi connectivity index (χ0) is 20.8. The normalized spacial score (nSPS) is 10.9. The van der Waals surface area contributed by atoms with Gasteiger partial charge < -0.3 is 19.3 Å². The van der Waals surface area contributed by atoms with E-state index in [0.29, 0.717) is 39.6 Å². The molecule has 0 radical (unpaired) electrons. The topological polar surface area (TPSA) is 99.1 Å². The number of halogens is 1. The van der Waals surface area contributed by atoms with E-state index in [2.05, 4.69) is 26.5 Å². The summed E-state index contributed by atoms with van der Waals surface area (Å²) < 4.78 is 16.8. The van der Waals surface area contributed by atoms with Crippen molar-refractivity contribution >= 4 is 27.8 Å². The van der Waals surface area contributed by atoms with Crippen molar-refractivity contribution in [2.24, 2.45) is 5.10 Å². The minimum atomic E-state index is -0.446. The van der Waals surface area contributed by atoms with Gasteiger partial charge in [-0.25, -0.2) is 0 Å². The highest BCUT2D eigenvalue weighted by Crippen LogP contribution is 2.32. The maximum Gasteiger partial charge on any atom is 0.270 e. The van der Waals surface area contributed by atoms with E-state index in [-0.39, 0.29) is 5.69 Å². The van der Waals surface area contributed by atoms with Gasteiger partial charge in [0.2, 0.25) is 0 Å². The van der Waals surface area contributed by atoms with E-state index >= 15 is 0 Å². The molecule has 1 aromatic heterocycles. The molecule has 29 heavy (non-hydrogen) atoms. The Morgan fingerprint density at radius 1 is 1.14 bits per heavy atom. The highest BCUT2D eigenvalue weighted by atomic mass is 79.9. The van der Waals surface area contributed by atoms with Crippen LogP contribution in [0.25, 0.3) is 11.3 Å². The Bertz CT molecular complexity index is 1050. The van der Waals surface area contributed by atoms with Gasteiger partial charge in [-0.1, -0.05) is 6.07 Å². The van der Waals surface area contributed by atoms with E-state index in [1.807, 2.05) is 18.2 Å². The van der Waals surface area contributed by atoms with Gasteiger partial charge in [0.1, 0.15) is 11.5 Å². The lowest BCUT2D eigenvalue weighted by molar-refractivity contribution is -0.384. The van der Waals surface area contributed by atoms with Gasteiger partial charge in [0.15, 0.2) is 11.5 Å². The fourth-order valence-electron chi connectivity index (χ4n) is 2.62. The van der Waals surface area contributed by atoms with Crippen molar-refractivity contribution in [3.63, 3.8) is 0 Å². The van der Waals surface area contributed by atoms with Gasteiger partial charge in [0.05, 0.1) is 31.9 Å². The van der Waals surface area contributed by atoms with Gasteiger partial charge in [-0.3, -0.25) is 10.1 Å². The Hall–Kier alpha value is -3.33. The molecule has 0 atom stereocenters. The summed E-state index contributed by atoms with van der Waals surface area (Å²) in [6.07, 6.45) is 1.56. The molecule has 0 unspecified atom stereocenters. The predicted octanol–water partition coefficient (Wildman–Crippen LogP) is 4.76. The number of ether oxygens (including phenoxy) is 2. The van der Waals surface area contributed by atoms with Crippen LogP contribution in [0.2, 0.25) is 0 Å². The van der Waals surface area contributed by atoms with Gasteiger partial charge in [-0.15, -0.1) is 0 Å². The summed E-state index contributed by atoms with van der Waals surface area (Å²) in [6.45, 7) is 0.498. The minimum absolute atomic E-state index is 0.00771. The molecular formula is C20H18BrN3O5. The SMILES string of the molecule is COc1ccc(CN/N=C\c2ccc(-c3ccc([N+](=O)[O-])cc3Br)o2)cc1OC. The van der Waals surface area contributed by atoms with Crippen LogP contribution in [-0.4, -0.2) is 25.4 Å². The Kier molecular flexibility index (Phi) is 6.50. The molecule has 0 aliphatic heterocycles. The van der Waals surface area contributed by atoms with Crippen LogP contribution in [0.5, 0.6) is 11.5 Å². The highest BCUT2D eigenvalue weighted by Gasteiger charge is 2.13. The van der Waals surface area contributed by atoms with E-state index in [1.165, 1.54) is 12.1 Å². The van der Waals surface area contributed by atoms with Crippen LogP contribution in [-0.2, 0) is 6.54 Å². The van der Waals surface area contributed by atoms with E-state index in [0.717, 1.165) is 5.56 Å². The van der Waals surface area contributed by atoms with Crippen LogP contribution in [0.15, 0.2) is 62.5 Å². The Balaban J connectivity index is 1.63. The van der Waals surface area contributed by atoms with E-state index in [9.17, 15) is 10.1 Å². The third-order valence-electron chi connectivity index (χ3n) is 4.07. The van der Waals surface area contributed by atoms with Gasteiger partial charge in [0, 0.05) is 22.2 Å². The lowest BCUT2D eigenvalue weighted by Crippen LogP contribution is -2.05. The molecule has 8 nitrogen and oxygen atoms in total. The lowest BCUT2D eigenvalue weighted by atomic mass is 10.1. The smallest absolute Gasteiger partial charge is 0.270 e. The van der Waals surface area contributed by atoms with Crippen molar-refractivity contribution in [2.45, 2.75) is 6.54 Å². The van der Waals surface area contributed by atoms with E-state index < -0.39 is 4.92 Å². The van der Waals surface area contributed by atoms with Gasteiger partial charge >= 0.3 is 0 Å². The maximum absolute atomic E-state index is 10.8. The lowest BCUT2D eigenvalue weighted by Gasteiger charge is -2.09. The van der Waals surface area contributed by atoms with Crippen LogP contribution in [0, 0.1) is 10.1 Å². The van der Waals surface area contributed by atoms with E-state index in [4.69, 9.17) is 13.9 Å². The summed E-state index contributed by atoms with van der Waals surface area (Å²) in [5, 5.41) is 15.0. The number of non-ortho nitro benzene ring substituents is 1. The summed E-state index contributed by atoms with van der Waals surface area (Å²) in [6, 6.07) is 13.7. The minimum Gasteiger partial charge on any atom is -0.493 e. The summed E-state index contributed by atoms with van der Waals surface area (Å²) >= 11 is 3.34. The van der Waals surface area contributed by atoms with Crippen molar-refractivity contribution < 1.29 is 18.8 Å². The van der Waals surface area contributed by atoms with Crippen LogP contribution >= 0.6 is 15.9 Å².